The molecule has 3 rings (SSSR count). The topological polar surface area (TPSA) is 116 Å². The zero-order valence-corrected chi connectivity index (χ0v) is 18.4. The number of hydrogen-bond donors (Lipinski definition) is 1. The Balaban J connectivity index is 1.68. The van der Waals surface area contributed by atoms with E-state index in [0.29, 0.717) is 5.02 Å². The average molecular weight is 487 g/mol. The summed E-state index contributed by atoms with van der Waals surface area (Å²) in [5, 5.41) is 14.2. The Morgan fingerprint density at radius 2 is 1.61 bits per heavy atom. The number of ketones is 1. The van der Waals surface area contributed by atoms with Gasteiger partial charge in [-0.05, 0) is 35.9 Å². The van der Waals surface area contributed by atoms with Crippen molar-refractivity contribution >= 4 is 46.5 Å². The predicted molar refractivity (Wildman–Crippen MR) is 122 cm³/mol. The number of ether oxygens (including phenoxy) is 1. The van der Waals surface area contributed by atoms with Crippen molar-refractivity contribution in [2.24, 2.45) is 0 Å². The summed E-state index contributed by atoms with van der Waals surface area (Å²) in [7, 11) is 0. The van der Waals surface area contributed by atoms with Crippen molar-refractivity contribution < 1.29 is 24.0 Å². The number of nitrogens with one attached hydrogen (secondary N) is 1. The van der Waals surface area contributed by atoms with Gasteiger partial charge in [-0.3, -0.25) is 19.7 Å². The number of nitrogens with zero attached hydrogens (tertiary/aromatic N) is 1. The number of rotatable bonds is 8. The molecule has 0 aromatic heterocycles. The first-order chi connectivity index (χ1) is 15.8. The van der Waals surface area contributed by atoms with Crippen LogP contribution in [-0.4, -0.2) is 29.2 Å². The van der Waals surface area contributed by atoms with E-state index in [-0.39, 0.29) is 28.3 Å². The summed E-state index contributed by atoms with van der Waals surface area (Å²) >= 11 is 11.6. The molecule has 0 aliphatic rings. The third-order valence-electron chi connectivity index (χ3n) is 4.53. The normalized spacial score (nSPS) is 10.4. The van der Waals surface area contributed by atoms with Crippen molar-refractivity contribution in [2.75, 3.05) is 6.61 Å². The molecule has 0 heterocycles. The van der Waals surface area contributed by atoms with Gasteiger partial charge in [0.15, 0.2) is 12.4 Å². The number of nitro benzene ring substituents is 1. The van der Waals surface area contributed by atoms with E-state index in [1.165, 1.54) is 36.4 Å². The van der Waals surface area contributed by atoms with Crippen LogP contribution in [0.25, 0.3) is 0 Å². The minimum Gasteiger partial charge on any atom is -0.452 e. The van der Waals surface area contributed by atoms with Gasteiger partial charge in [0, 0.05) is 28.8 Å². The molecule has 0 unspecified atom stereocenters. The summed E-state index contributed by atoms with van der Waals surface area (Å²) in [6.07, 6.45) is 0. The van der Waals surface area contributed by atoms with Gasteiger partial charge >= 0.3 is 5.97 Å². The Morgan fingerprint density at radius 3 is 2.27 bits per heavy atom. The maximum atomic E-state index is 12.9. The molecule has 0 atom stereocenters. The minimum absolute atomic E-state index is 0.0212. The molecule has 0 aliphatic heterocycles. The van der Waals surface area contributed by atoms with Crippen molar-refractivity contribution in [1.29, 1.82) is 0 Å². The van der Waals surface area contributed by atoms with Gasteiger partial charge in [0.2, 0.25) is 0 Å². The van der Waals surface area contributed by atoms with Gasteiger partial charge in [-0.15, -0.1) is 0 Å². The Bertz CT molecular complexity index is 1230. The van der Waals surface area contributed by atoms with Crippen LogP contribution in [0.15, 0.2) is 66.7 Å². The lowest BCUT2D eigenvalue weighted by Crippen LogP contribution is -2.28. The zero-order chi connectivity index (χ0) is 24.0. The largest absolute Gasteiger partial charge is 0.452 e. The molecule has 1 N–H and O–H groups in total. The molecule has 168 valence electrons. The number of carbonyl (C=O) groups is 3. The highest BCUT2D eigenvalue weighted by molar-refractivity contribution is 6.33. The molecule has 0 fully saturated rings. The molecule has 0 radical (unpaired) electrons. The number of hydrogen-bond acceptors (Lipinski definition) is 6. The number of esters is 1. The first-order valence-electron chi connectivity index (χ1n) is 9.52. The van der Waals surface area contributed by atoms with Crippen molar-refractivity contribution in [3.63, 3.8) is 0 Å². The Kier molecular flexibility index (Phi) is 7.76. The van der Waals surface area contributed by atoms with E-state index in [0.717, 1.165) is 11.6 Å². The van der Waals surface area contributed by atoms with Crippen LogP contribution in [0.3, 0.4) is 0 Å². The second kappa shape index (κ2) is 10.7. The molecule has 1 amide bonds. The van der Waals surface area contributed by atoms with E-state index in [9.17, 15) is 24.5 Å². The molecule has 33 heavy (non-hydrogen) atoms. The molecule has 0 bridgehead atoms. The van der Waals surface area contributed by atoms with Gasteiger partial charge in [-0.25, -0.2) is 4.79 Å². The van der Waals surface area contributed by atoms with E-state index in [4.69, 9.17) is 27.9 Å². The Labute approximate surface area is 198 Å². The lowest BCUT2D eigenvalue weighted by Gasteiger charge is -2.10. The van der Waals surface area contributed by atoms with Crippen LogP contribution in [0, 0.1) is 10.1 Å². The predicted octanol–water partition coefficient (Wildman–Crippen LogP) is 4.61. The SMILES string of the molecule is O=C(COC(=O)c1ccccc1C(=O)c1ccc(Cl)c([N+](=O)[O-])c1)NCc1ccc(Cl)cc1. The molecular weight excluding hydrogens is 471 g/mol. The fourth-order valence-electron chi connectivity index (χ4n) is 2.87. The number of halogens is 2. The standard InChI is InChI=1S/C23H16Cl2N2O6/c24-16-8-5-14(6-9-16)12-26-21(28)13-33-23(30)18-4-2-1-3-17(18)22(29)15-7-10-19(25)20(11-15)27(31)32/h1-11H,12-13H2,(H,26,28). The summed E-state index contributed by atoms with van der Waals surface area (Å²) in [6.45, 7) is -0.334. The summed E-state index contributed by atoms with van der Waals surface area (Å²) in [5.41, 5.74) is 0.255. The zero-order valence-electron chi connectivity index (χ0n) is 16.9. The molecule has 0 saturated heterocycles. The lowest BCUT2D eigenvalue weighted by molar-refractivity contribution is -0.384. The van der Waals surface area contributed by atoms with Crippen LogP contribution in [0.1, 0.15) is 31.8 Å². The van der Waals surface area contributed by atoms with Gasteiger partial charge in [0.05, 0.1) is 10.5 Å². The van der Waals surface area contributed by atoms with Crippen LogP contribution >= 0.6 is 23.2 Å². The van der Waals surface area contributed by atoms with Crippen molar-refractivity contribution in [2.45, 2.75) is 6.54 Å². The molecule has 3 aromatic rings. The van der Waals surface area contributed by atoms with Gasteiger partial charge in [0.1, 0.15) is 5.02 Å². The van der Waals surface area contributed by atoms with E-state index in [1.807, 2.05) is 0 Å². The monoisotopic (exact) mass is 486 g/mol. The van der Waals surface area contributed by atoms with E-state index >= 15 is 0 Å². The Morgan fingerprint density at radius 1 is 0.939 bits per heavy atom. The summed E-state index contributed by atoms with van der Waals surface area (Å²) in [5.74, 6) is -2.05. The number of amides is 1. The third kappa shape index (κ3) is 6.15. The maximum absolute atomic E-state index is 12.9. The Hall–Kier alpha value is -3.75. The number of nitro groups is 1. The fraction of sp³-hybridized carbons (Fsp3) is 0.0870. The van der Waals surface area contributed by atoms with Crippen molar-refractivity contribution in [3.8, 4) is 0 Å². The smallest absolute Gasteiger partial charge is 0.339 e. The van der Waals surface area contributed by atoms with Gasteiger partial charge in [-0.1, -0.05) is 53.5 Å². The summed E-state index contributed by atoms with van der Waals surface area (Å²) in [6, 6.07) is 16.3. The summed E-state index contributed by atoms with van der Waals surface area (Å²) < 4.78 is 5.05. The summed E-state index contributed by atoms with van der Waals surface area (Å²) in [4.78, 5) is 47.9. The fourth-order valence-corrected chi connectivity index (χ4v) is 3.18. The number of carbonyl (C=O) groups excluding carboxylic acids is 3. The second-order valence-electron chi connectivity index (χ2n) is 6.78. The average Bonchev–Trinajstić information content (AvgIpc) is 2.81. The molecule has 3 aromatic carbocycles. The van der Waals surface area contributed by atoms with Gasteiger partial charge in [-0.2, -0.15) is 0 Å². The van der Waals surface area contributed by atoms with Gasteiger partial charge < -0.3 is 10.1 Å². The van der Waals surface area contributed by atoms with E-state index in [1.54, 1.807) is 24.3 Å². The van der Waals surface area contributed by atoms with E-state index in [2.05, 4.69) is 5.32 Å². The van der Waals surface area contributed by atoms with Crippen LogP contribution in [0.4, 0.5) is 5.69 Å². The highest BCUT2D eigenvalue weighted by Crippen LogP contribution is 2.27. The third-order valence-corrected chi connectivity index (χ3v) is 5.11. The molecule has 8 nitrogen and oxygen atoms in total. The quantitative estimate of drug-likeness (QED) is 0.215. The van der Waals surface area contributed by atoms with Crippen molar-refractivity contribution in [1.82, 2.24) is 5.32 Å². The first kappa shape index (κ1) is 23.9. The number of benzene rings is 3. The lowest BCUT2D eigenvalue weighted by atomic mass is 9.98. The molecule has 0 aliphatic carbocycles. The molecule has 10 heteroatoms. The maximum Gasteiger partial charge on any atom is 0.339 e. The minimum atomic E-state index is -0.885. The van der Waals surface area contributed by atoms with Gasteiger partial charge in [0.25, 0.3) is 11.6 Å². The van der Waals surface area contributed by atoms with E-state index < -0.39 is 34.9 Å². The van der Waals surface area contributed by atoms with Crippen LogP contribution < -0.4 is 5.32 Å². The molecule has 0 spiro atoms. The molecular formula is C23H16Cl2N2O6. The first-order valence-corrected chi connectivity index (χ1v) is 10.3. The molecule has 0 saturated carbocycles. The van der Waals surface area contributed by atoms with Crippen LogP contribution in [-0.2, 0) is 16.1 Å². The highest BCUT2D eigenvalue weighted by Gasteiger charge is 2.22. The van der Waals surface area contributed by atoms with Crippen LogP contribution in [0.5, 0.6) is 0 Å². The van der Waals surface area contributed by atoms with Crippen LogP contribution in [0.2, 0.25) is 10.0 Å². The van der Waals surface area contributed by atoms with Crippen molar-refractivity contribution in [3.05, 3.63) is 109 Å². The highest BCUT2D eigenvalue weighted by atomic mass is 35.5. The second-order valence-corrected chi connectivity index (χ2v) is 7.62.